The summed E-state index contributed by atoms with van der Waals surface area (Å²) in [5.41, 5.74) is 2.16. The van der Waals surface area contributed by atoms with E-state index < -0.39 is 0 Å². The van der Waals surface area contributed by atoms with Crippen molar-refractivity contribution in [1.29, 1.82) is 0 Å². The van der Waals surface area contributed by atoms with E-state index in [1.807, 2.05) is 43.4 Å². The third kappa shape index (κ3) is 4.00. The molecule has 0 N–H and O–H groups in total. The molecule has 2 aromatic carbocycles. The van der Waals surface area contributed by atoms with Crippen LogP contribution in [-0.2, 0) is 4.79 Å². The maximum Gasteiger partial charge on any atom is 0.234 e. The lowest BCUT2D eigenvalue weighted by atomic mass is 9.85. The average Bonchev–Trinajstić information content (AvgIpc) is 3.30. The molecule has 0 unspecified atom stereocenters. The summed E-state index contributed by atoms with van der Waals surface area (Å²) >= 11 is 0. The van der Waals surface area contributed by atoms with Crippen molar-refractivity contribution in [2.75, 3.05) is 20.1 Å². The molecule has 1 heterocycles. The Kier molecular flexibility index (Phi) is 6.11. The fourth-order valence-corrected chi connectivity index (χ4v) is 5.18. The fourth-order valence-electron chi connectivity index (χ4n) is 5.18. The Morgan fingerprint density at radius 2 is 1.39 bits per heavy atom. The summed E-state index contributed by atoms with van der Waals surface area (Å²) in [4.78, 5) is 18.5. The Bertz CT molecular complexity index is 715. The van der Waals surface area contributed by atoms with Crippen LogP contribution < -0.4 is 0 Å². The van der Waals surface area contributed by atoms with Gasteiger partial charge in [0.15, 0.2) is 0 Å². The molecular weight excluding hydrogens is 344 g/mol. The van der Waals surface area contributed by atoms with Crippen LogP contribution in [0.25, 0.3) is 0 Å². The average molecular weight is 377 g/mol. The van der Waals surface area contributed by atoms with Crippen molar-refractivity contribution in [3.63, 3.8) is 0 Å². The number of amides is 1. The minimum atomic E-state index is -0.228. The molecule has 1 amide bonds. The van der Waals surface area contributed by atoms with Gasteiger partial charge in [0.2, 0.25) is 5.91 Å². The van der Waals surface area contributed by atoms with Crippen molar-refractivity contribution < 1.29 is 4.79 Å². The van der Waals surface area contributed by atoms with Crippen molar-refractivity contribution in [2.45, 2.75) is 56.5 Å². The SMILES string of the molecule is CN(C(=O)C(c1ccccc1)c1ccccc1)[C@@H]1CCCC[C@H]1N1CCCC1. The Labute approximate surface area is 169 Å². The number of hydrogen-bond acceptors (Lipinski definition) is 2. The maximum absolute atomic E-state index is 13.8. The Morgan fingerprint density at radius 3 is 1.96 bits per heavy atom. The van der Waals surface area contributed by atoms with Gasteiger partial charge in [0.1, 0.15) is 0 Å². The number of likely N-dealkylation sites (N-methyl/N-ethyl adjacent to an activating group) is 1. The van der Waals surface area contributed by atoms with Gasteiger partial charge in [-0.2, -0.15) is 0 Å². The molecule has 1 saturated carbocycles. The molecule has 0 aromatic heterocycles. The molecule has 0 radical (unpaired) electrons. The van der Waals surface area contributed by atoms with E-state index in [9.17, 15) is 4.79 Å². The van der Waals surface area contributed by atoms with Gasteiger partial charge in [-0.3, -0.25) is 9.69 Å². The molecule has 2 fully saturated rings. The van der Waals surface area contributed by atoms with E-state index in [0.29, 0.717) is 12.1 Å². The zero-order chi connectivity index (χ0) is 19.3. The highest BCUT2D eigenvalue weighted by Gasteiger charge is 2.37. The van der Waals surface area contributed by atoms with Crippen molar-refractivity contribution in [3.8, 4) is 0 Å². The van der Waals surface area contributed by atoms with E-state index in [4.69, 9.17) is 0 Å². The number of carbonyl (C=O) groups is 1. The van der Waals surface area contributed by atoms with Crippen LogP contribution in [-0.4, -0.2) is 47.9 Å². The number of carbonyl (C=O) groups excluding carboxylic acids is 1. The first-order chi connectivity index (χ1) is 13.8. The normalized spacial score (nSPS) is 23.1. The summed E-state index contributed by atoms with van der Waals surface area (Å²) in [6, 6.07) is 21.4. The monoisotopic (exact) mass is 376 g/mol. The van der Waals surface area contributed by atoms with Crippen LogP contribution in [0.5, 0.6) is 0 Å². The van der Waals surface area contributed by atoms with E-state index in [1.165, 1.54) is 45.2 Å². The largest absolute Gasteiger partial charge is 0.340 e. The number of benzene rings is 2. The van der Waals surface area contributed by atoms with Crippen LogP contribution in [0, 0.1) is 0 Å². The first-order valence-electron chi connectivity index (χ1n) is 10.9. The van der Waals surface area contributed by atoms with Crippen LogP contribution in [0.3, 0.4) is 0 Å². The number of hydrogen-bond donors (Lipinski definition) is 0. The molecule has 0 bridgehead atoms. The lowest BCUT2D eigenvalue weighted by molar-refractivity contribution is -0.134. The van der Waals surface area contributed by atoms with Crippen molar-refractivity contribution in [2.24, 2.45) is 0 Å². The molecule has 2 aromatic rings. The smallest absolute Gasteiger partial charge is 0.234 e. The van der Waals surface area contributed by atoms with Gasteiger partial charge < -0.3 is 4.90 Å². The molecule has 4 rings (SSSR count). The predicted octanol–water partition coefficient (Wildman–Crippen LogP) is 4.68. The highest BCUT2D eigenvalue weighted by atomic mass is 16.2. The molecule has 0 spiro atoms. The Balaban J connectivity index is 1.62. The first kappa shape index (κ1) is 19.2. The van der Waals surface area contributed by atoms with Gasteiger partial charge in [-0.15, -0.1) is 0 Å². The van der Waals surface area contributed by atoms with Gasteiger partial charge in [-0.05, 0) is 49.9 Å². The predicted molar refractivity (Wildman–Crippen MR) is 114 cm³/mol. The Morgan fingerprint density at radius 1 is 0.857 bits per heavy atom. The van der Waals surface area contributed by atoms with Gasteiger partial charge in [-0.25, -0.2) is 0 Å². The molecule has 1 aliphatic heterocycles. The van der Waals surface area contributed by atoms with Crippen LogP contribution in [0.15, 0.2) is 60.7 Å². The Hall–Kier alpha value is -2.13. The second-order valence-corrected chi connectivity index (χ2v) is 8.37. The molecule has 3 heteroatoms. The van der Waals surface area contributed by atoms with Gasteiger partial charge >= 0.3 is 0 Å². The van der Waals surface area contributed by atoms with E-state index >= 15 is 0 Å². The summed E-state index contributed by atoms with van der Waals surface area (Å²) in [6.45, 7) is 2.40. The quantitative estimate of drug-likeness (QED) is 0.756. The standard InChI is InChI=1S/C25H32N2O/c1-26(22-16-8-9-17-23(22)27-18-10-11-19-27)25(28)24(20-12-4-2-5-13-20)21-14-6-3-7-15-21/h2-7,12-15,22-24H,8-11,16-19H2,1H3/t22-,23-/m1/s1. The van der Waals surface area contributed by atoms with Crippen LogP contribution in [0.1, 0.15) is 55.6 Å². The van der Waals surface area contributed by atoms with Crippen LogP contribution >= 0.6 is 0 Å². The third-order valence-corrected chi connectivity index (χ3v) is 6.66. The van der Waals surface area contributed by atoms with Crippen LogP contribution in [0.2, 0.25) is 0 Å². The number of likely N-dealkylation sites (tertiary alicyclic amines) is 1. The molecule has 2 aliphatic rings. The van der Waals surface area contributed by atoms with Gasteiger partial charge in [0, 0.05) is 19.1 Å². The minimum Gasteiger partial charge on any atom is -0.340 e. The topological polar surface area (TPSA) is 23.6 Å². The van der Waals surface area contributed by atoms with Crippen molar-refractivity contribution >= 4 is 5.91 Å². The fraction of sp³-hybridized carbons (Fsp3) is 0.480. The molecule has 2 atom stereocenters. The highest BCUT2D eigenvalue weighted by Crippen LogP contribution is 2.33. The zero-order valence-corrected chi connectivity index (χ0v) is 17.0. The second-order valence-electron chi connectivity index (χ2n) is 8.37. The molecule has 148 valence electrons. The van der Waals surface area contributed by atoms with Gasteiger partial charge in [0.25, 0.3) is 0 Å². The van der Waals surface area contributed by atoms with E-state index in [-0.39, 0.29) is 11.8 Å². The lowest BCUT2D eigenvalue weighted by Crippen LogP contribution is -2.54. The van der Waals surface area contributed by atoms with Gasteiger partial charge in [-0.1, -0.05) is 73.5 Å². The summed E-state index contributed by atoms with van der Waals surface area (Å²) < 4.78 is 0. The minimum absolute atomic E-state index is 0.228. The summed E-state index contributed by atoms with van der Waals surface area (Å²) in [7, 11) is 2.04. The lowest BCUT2D eigenvalue weighted by Gasteiger charge is -2.43. The van der Waals surface area contributed by atoms with Crippen molar-refractivity contribution in [1.82, 2.24) is 9.80 Å². The summed E-state index contributed by atoms with van der Waals surface area (Å²) in [5.74, 6) is 0.00190. The molecule has 3 nitrogen and oxygen atoms in total. The summed E-state index contributed by atoms with van der Waals surface area (Å²) in [6.07, 6.45) is 7.48. The van der Waals surface area contributed by atoms with E-state index in [2.05, 4.69) is 34.1 Å². The molecule has 28 heavy (non-hydrogen) atoms. The molecular formula is C25H32N2O. The maximum atomic E-state index is 13.8. The number of rotatable bonds is 5. The van der Waals surface area contributed by atoms with Crippen molar-refractivity contribution in [3.05, 3.63) is 71.8 Å². The van der Waals surface area contributed by atoms with E-state index in [1.54, 1.807) is 0 Å². The highest BCUT2D eigenvalue weighted by molar-refractivity contribution is 5.87. The number of nitrogens with zero attached hydrogens (tertiary/aromatic N) is 2. The van der Waals surface area contributed by atoms with Gasteiger partial charge in [0.05, 0.1) is 5.92 Å². The molecule has 1 aliphatic carbocycles. The second kappa shape index (κ2) is 8.91. The molecule has 1 saturated heterocycles. The van der Waals surface area contributed by atoms with E-state index in [0.717, 1.165) is 17.5 Å². The summed E-state index contributed by atoms with van der Waals surface area (Å²) in [5, 5.41) is 0. The van der Waals surface area contributed by atoms with Crippen LogP contribution in [0.4, 0.5) is 0 Å². The zero-order valence-electron chi connectivity index (χ0n) is 17.0. The third-order valence-electron chi connectivity index (χ3n) is 6.66. The first-order valence-corrected chi connectivity index (χ1v) is 10.9.